The van der Waals surface area contributed by atoms with Crippen LogP contribution < -0.4 is 10.6 Å². The van der Waals surface area contributed by atoms with Gasteiger partial charge in [0.05, 0.1) is 6.42 Å². The number of phenolic OH excluding ortho intramolecular Hbond substituents is 1. The van der Waals surface area contributed by atoms with E-state index < -0.39 is 0 Å². The Kier molecular flexibility index (Phi) is 4.82. The summed E-state index contributed by atoms with van der Waals surface area (Å²) in [4.78, 5) is 11.3. The zero-order valence-electron chi connectivity index (χ0n) is 12.3. The van der Waals surface area contributed by atoms with Crippen LogP contribution in [-0.2, 0) is 17.8 Å². The van der Waals surface area contributed by atoms with Crippen molar-refractivity contribution in [2.75, 3.05) is 12.4 Å². The number of benzene rings is 2. The van der Waals surface area contributed by atoms with Crippen molar-refractivity contribution >= 4 is 11.6 Å². The van der Waals surface area contributed by atoms with Crippen LogP contribution in [0.2, 0.25) is 0 Å². The maximum absolute atomic E-state index is 11.3. The summed E-state index contributed by atoms with van der Waals surface area (Å²) in [5.74, 6) is 0.335. The lowest BCUT2D eigenvalue weighted by atomic mass is 10.1. The van der Waals surface area contributed by atoms with Gasteiger partial charge in [-0.25, -0.2) is 0 Å². The minimum atomic E-state index is 0.000363. The van der Waals surface area contributed by atoms with Gasteiger partial charge in [-0.2, -0.15) is 0 Å². The molecule has 0 fully saturated rings. The summed E-state index contributed by atoms with van der Waals surface area (Å²) in [6.07, 6.45) is 0.384. The molecular weight excluding hydrogens is 264 g/mol. The molecule has 0 heterocycles. The van der Waals surface area contributed by atoms with Gasteiger partial charge in [-0.15, -0.1) is 0 Å². The first-order valence-electron chi connectivity index (χ1n) is 6.91. The summed E-state index contributed by atoms with van der Waals surface area (Å²) in [5.41, 5.74) is 3.66. The molecule has 21 heavy (non-hydrogen) atoms. The highest BCUT2D eigenvalue weighted by Crippen LogP contribution is 2.22. The Morgan fingerprint density at radius 1 is 1.14 bits per heavy atom. The molecule has 0 atom stereocenters. The summed E-state index contributed by atoms with van der Waals surface area (Å²) in [5, 5.41) is 15.8. The number of phenols is 1. The van der Waals surface area contributed by atoms with Gasteiger partial charge in [-0.1, -0.05) is 30.3 Å². The molecule has 1 amide bonds. The zero-order valence-corrected chi connectivity index (χ0v) is 12.3. The number of para-hydroxylation sites is 1. The summed E-state index contributed by atoms with van der Waals surface area (Å²) in [6.45, 7) is 2.44. The lowest BCUT2D eigenvalue weighted by Gasteiger charge is -2.10. The average Bonchev–Trinajstić information content (AvgIpc) is 2.50. The molecule has 4 heteroatoms. The van der Waals surface area contributed by atoms with Crippen LogP contribution in [0.15, 0.2) is 42.5 Å². The molecule has 3 N–H and O–H groups in total. The molecule has 0 spiro atoms. The van der Waals surface area contributed by atoms with Crippen LogP contribution in [-0.4, -0.2) is 18.1 Å². The molecule has 0 unspecified atom stereocenters. The van der Waals surface area contributed by atoms with E-state index in [0.717, 1.165) is 22.4 Å². The molecule has 110 valence electrons. The third-order valence-corrected chi connectivity index (χ3v) is 3.40. The first-order chi connectivity index (χ1) is 10.1. The van der Waals surface area contributed by atoms with Gasteiger partial charge in [0.25, 0.3) is 0 Å². The molecule has 0 saturated heterocycles. The second kappa shape index (κ2) is 6.79. The second-order valence-electron chi connectivity index (χ2n) is 4.98. The molecular formula is C17H20N2O2. The number of nitrogens with one attached hydrogen (secondary N) is 2. The molecule has 4 nitrogen and oxygen atoms in total. The number of hydrogen-bond donors (Lipinski definition) is 3. The standard InChI is InChI=1S/C17H20N2O2/c1-12-4-3-5-14(17(12)21)11-19-15-8-6-13(7-9-15)10-16(20)18-2/h3-9,19,21H,10-11H2,1-2H3,(H,18,20). The number of hydrogen-bond acceptors (Lipinski definition) is 3. The normalized spacial score (nSPS) is 10.2. The maximum atomic E-state index is 11.3. The Balaban J connectivity index is 1.97. The van der Waals surface area contributed by atoms with Crippen LogP contribution in [0.5, 0.6) is 5.75 Å². The van der Waals surface area contributed by atoms with E-state index in [9.17, 15) is 9.90 Å². The van der Waals surface area contributed by atoms with Crippen molar-refractivity contribution in [3.63, 3.8) is 0 Å². The number of carbonyl (C=O) groups excluding carboxylic acids is 1. The largest absolute Gasteiger partial charge is 0.507 e. The predicted molar refractivity (Wildman–Crippen MR) is 84.4 cm³/mol. The summed E-state index contributed by atoms with van der Waals surface area (Å²) in [7, 11) is 1.63. The van der Waals surface area contributed by atoms with Crippen LogP contribution in [0.4, 0.5) is 5.69 Å². The molecule has 0 radical (unpaired) electrons. The quantitative estimate of drug-likeness (QED) is 0.791. The van der Waals surface area contributed by atoms with Crippen molar-refractivity contribution in [2.24, 2.45) is 0 Å². The van der Waals surface area contributed by atoms with Gasteiger partial charge < -0.3 is 15.7 Å². The van der Waals surface area contributed by atoms with Gasteiger partial charge in [-0.05, 0) is 30.2 Å². The lowest BCUT2D eigenvalue weighted by molar-refractivity contribution is -0.119. The van der Waals surface area contributed by atoms with Gasteiger partial charge in [0.1, 0.15) is 5.75 Å². The Bertz CT molecular complexity index is 621. The van der Waals surface area contributed by atoms with E-state index in [4.69, 9.17) is 0 Å². The maximum Gasteiger partial charge on any atom is 0.224 e. The highest BCUT2D eigenvalue weighted by Gasteiger charge is 2.04. The first kappa shape index (κ1) is 14.9. The number of anilines is 1. The van der Waals surface area contributed by atoms with E-state index in [0.29, 0.717) is 18.7 Å². The van der Waals surface area contributed by atoms with Crippen LogP contribution in [0, 0.1) is 6.92 Å². The lowest BCUT2D eigenvalue weighted by Crippen LogP contribution is -2.19. The van der Waals surface area contributed by atoms with E-state index in [2.05, 4.69) is 10.6 Å². The Labute approximate surface area is 124 Å². The van der Waals surface area contributed by atoms with E-state index in [1.54, 1.807) is 7.05 Å². The Morgan fingerprint density at radius 3 is 2.52 bits per heavy atom. The minimum Gasteiger partial charge on any atom is -0.507 e. The van der Waals surface area contributed by atoms with E-state index in [-0.39, 0.29) is 5.91 Å². The van der Waals surface area contributed by atoms with Crippen LogP contribution in [0.3, 0.4) is 0 Å². The molecule has 0 aliphatic carbocycles. The number of carbonyl (C=O) groups is 1. The van der Waals surface area contributed by atoms with Crippen molar-refractivity contribution < 1.29 is 9.90 Å². The van der Waals surface area contributed by atoms with E-state index in [1.807, 2.05) is 49.4 Å². The van der Waals surface area contributed by atoms with Crippen LogP contribution in [0.25, 0.3) is 0 Å². The van der Waals surface area contributed by atoms with Crippen molar-refractivity contribution in [1.82, 2.24) is 5.32 Å². The number of aromatic hydroxyl groups is 1. The molecule has 0 saturated carbocycles. The zero-order chi connectivity index (χ0) is 15.2. The fraction of sp³-hybridized carbons (Fsp3) is 0.235. The van der Waals surface area contributed by atoms with Gasteiger partial charge in [0.15, 0.2) is 0 Å². The molecule has 0 aliphatic rings. The fourth-order valence-corrected chi connectivity index (χ4v) is 2.07. The predicted octanol–water partition coefficient (Wildman–Crippen LogP) is 2.60. The first-order valence-corrected chi connectivity index (χ1v) is 6.91. The van der Waals surface area contributed by atoms with E-state index >= 15 is 0 Å². The van der Waals surface area contributed by atoms with E-state index in [1.165, 1.54) is 0 Å². The van der Waals surface area contributed by atoms with Gasteiger partial charge >= 0.3 is 0 Å². The molecule has 2 aromatic rings. The average molecular weight is 284 g/mol. The van der Waals surface area contributed by atoms with Crippen LogP contribution >= 0.6 is 0 Å². The molecule has 0 aliphatic heterocycles. The highest BCUT2D eigenvalue weighted by atomic mass is 16.3. The highest BCUT2D eigenvalue weighted by molar-refractivity contribution is 5.78. The van der Waals surface area contributed by atoms with Crippen molar-refractivity contribution in [2.45, 2.75) is 19.9 Å². The number of rotatable bonds is 5. The number of likely N-dealkylation sites (N-methyl/N-ethyl adjacent to an activating group) is 1. The number of amides is 1. The van der Waals surface area contributed by atoms with Crippen molar-refractivity contribution in [3.8, 4) is 5.75 Å². The molecule has 2 aromatic carbocycles. The molecule has 0 aromatic heterocycles. The number of aryl methyl sites for hydroxylation is 1. The monoisotopic (exact) mass is 284 g/mol. The van der Waals surface area contributed by atoms with Crippen molar-refractivity contribution in [3.05, 3.63) is 59.2 Å². The topological polar surface area (TPSA) is 61.4 Å². The SMILES string of the molecule is CNC(=O)Cc1ccc(NCc2cccc(C)c2O)cc1. The van der Waals surface area contributed by atoms with Gasteiger partial charge in [-0.3, -0.25) is 4.79 Å². The molecule has 0 bridgehead atoms. The van der Waals surface area contributed by atoms with Gasteiger partial charge in [0.2, 0.25) is 5.91 Å². The third kappa shape index (κ3) is 3.99. The third-order valence-electron chi connectivity index (χ3n) is 3.40. The second-order valence-corrected chi connectivity index (χ2v) is 4.98. The molecule has 2 rings (SSSR count). The van der Waals surface area contributed by atoms with Crippen LogP contribution in [0.1, 0.15) is 16.7 Å². The summed E-state index contributed by atoms with van der Waals surface area (Å²) in [6, 6.07) is 13.4. The van der Waals surface area contributed by atoms with Gasteiger partial charge in [0, 0.05) is 24.8 Å². The smallest absolute Gasteiger partial charge is 0.224 e. The summed E-state index contributed by atoms with van der Waals surface area (Å²) < 4.78 is 0. The Morgan fingerprint density at radius 2 is 1.86 bits per heavy atom. The van der Waals surface area contributed by atoms with Crippen molar-refractivity contribution in [1.29, 1.82) is 0 Å². The Hall–Kier alpha value is -2.49. The fourth-order valence-electron chi connectivity index (χ4n) is 2.07. The summed E-state index contributed by atoms with van der Waals surface area (Å²) >= 11 is 0. The minimum absolute atomic E-state index is 0.000363.